The summed E-state index contributed by atoms with van der Waals surface area (Å²) in [4.78, 5) is 0. The first-order valence-electron chi connectivity index (χ1n) is 7.37. The number of para-hydroxylation sites is 1. The van der Waals surface area contributed by atoms with Crippen molar-refractivity contribution >= 4 is 12.4 Å². The summed E-state index contributed by atoms with van der Waals surface area (Å²) in [6.07, 6.45) is 5.78. The van der Waals surface area contributed by atoms with Crippen LogP contribution in [0.3, 0.4) is 0 Å². The van der Waals surface area contributed by atoms with Crippen LogP contribution >= 0.6 is 12.4 Å². The van der Waals surface area contributed by atoms with Crippen LogP contribution < -0.4 is 10.1 Å². The average Bonchev–Trinajstić information content (AvgIpc) is 2.94. The van der Waals surface area contributed by atoms with Crippen LogP contribution in [0.1, 0.15) is 42.7 Å². The standard InChI is InChI=1S/C16H21NO.ClH/c1-2-13-10-17-6-7-18-16(13)14(3-1)15-9-11-4-5-12(15)8-11;/h1-3,11-12,15,17H,4-10H2;1H. The summed E-state index contributed by atoms with van der Waals surface area (Å²) in [5, 5.41) is 3.43. The van der Waals surface area contributed by atoms with Gasteiger partial charge in [0.05, 0.1) is 0 Å². The molecule has 1 aromatic rings. The highest BCUT2D eigenvalue weighted by atomic mass is 35.5. The number of benzene rings is 1. The monoisotopic (exact) mass is 279 g/mol. The molecule has 0 saturated heterocycles. The molecular formula is C16H22ClNO. The van der Waals surface area contributed by atoms with Crippen LogP contribution in [0.15, 0.2) is 18.2 Å². The van der Waals surface area contributed by atoms with Gasteiger partial charge in [0.2, 0.25) is 0 Å². The molecule has 2 bridgehead atoms. The number of halogens is 1. The van der Waals surface area contributed by atoms with Crippen LogP contribution in [0.2, 0.25) is 0 Å². The van der Waals surface area contributed by atoms with Crippen molar-refractivity contribution < 1.29 is 4.74 Å². The van der Waals surface area contributed by atoms with Gasteiger partial charge < -0.3 is 10.1 Å². The molecule has 2 nitrogen and oxygen atoms in total. The number of nitrogens with one attached hydrogen (secondary N) is 1. The number of rotatable bonds is 1. The van der Waals surface area contributed by atoms with Gasteiger partial charge in [-0.25, -0.2) is 0 Å². The van der Waals surface area contributed by atoms with Gasteiger partial charge in [-0.15, -0.1) is 12.4 Å². The van der Waals surface area contributed by atoms with E-state index in [0.717, 1.165) is 37.5 Å². The van der Waals surface area contributed by atoms with Crippen molar-refractivity contribution in [3.63, 3.8) is 0 Å². The normalized spacial score (nSPS) is 32.1. The number of fused-ring (bicyclic) bond motifs is 3. The molecule has 3 unspecified atom stereocenters. The summed E-state index contributed by atoms with van der Waals surface area (Å²) in [7, 11) is 0. The van der Waals surface area contributed by atoms with Gasteiger partial charge >= 0.3 is 0 Å². The van der Waals surface area contributed by atoms with Crippen molar-refractivity contribution in [1.29, 1.82) is 0 Å². The van der Waals surface area contributed by atoms with E-state index in [2.05, 4.69) is 23.5 Å². The quantitative estimate of drug-likeness (QED) is 0.850. The summed E-state index contributed by atoms with van der Waals surface area (Å²) in [5.41, 5.74) is 2.86. The Morgan fingerprint density at radius 3 is 2.89 bits per heavy atom. The first-order valence-corrected chi connectivity index (χ1v) is 7.37. The molecular weight excluding hydrogens is 258 g/mol. The summed E-state index contributed by atoms with van der Waals surface area (Å²) in [6.45, 7) is 2.74. The fraction of sp³-hybridized carbons (Fsp3) is 0.625. The van der Waals surface area contributed by atoms with Gasteiger partial charge in [0, 0.05) is 18.7 Å². The van der Waals surface area contributed by atoms with E-state index in [4.69, 9.17) is 4.74 Å². The number of hydrogen-bond acceptors (Lipinski definition) is 2. The lowest BCUT2D eigenvalue weighted by atomic mass is 9.82. The predicted octanol–water partition coefficient (Wildman–Crippen LogP) is 3.49. The maximum Gasteiger partial charge on any atom is 0.127 e. The van der Waals surface area contributed by atoms with E-state index in [1.54, 1.807) is 0 Å². The minimum absolute atomic E-state index is 0. The lowest BCUT2D eigenvalue weighted by molar-refractivity contribution is 0.314. The molecule has 0 amide bonds. The maximum atomic E-state index is 6.04. The Kier molecular flexibility index (Phi) is 3.72. The SMILES string of the molecule is Cl.c1cc2c(c(C3CC4CCC3C4)c1)OCCNC2. The van der Waals surface area contributed by atoms with Gasteiger partial charge in [-0.05, 0) is 42.6 Å². The molecule has 2 aliphatic carbocycles. The zero-order valence-corrected chi connectivity index (χ0v) is 12.0. The highest BCUT2D eigenvalue weighted by molar-refractivity contribution is 5.85. The Morgan fingerprint density at radius 2 is 2.11 bits per heavy atom. The summed E-state index contributed by atoms with van der Waals surface area (Å²) in [6, 6.07) is 6.75. The first kappa shape index (κ1) is 13.3. The van der Waals surface area contributed by atoms with Crippen molar-refractivity contribution in [2.45, 2.75) is 38.1 Å². The van der Waals surface area contributed by atoms with E-state index < -0.39 is 0 Å². The molecule has 2 fully saturated rings. The lowest BCUT2D eigenvalue weighted by Gasteiger charge is -2.25. The molecule has 1 aliphatic heterocycles. The van der Waals surface area contributed by atoms with E-state index >= 15 is 0 Å². The molecule has 0 radical (unpaired) electrons. The highest BCUT2D eigenvalue weighted by Gasteiger charge is 2.41. The molecule has 3 atom stereocenters. The van der Waals surface area contributed by atoms with Crippen LogP contribution in [0.5, 0.6) is 5.75 Å². The molecule has 19 heavy (non-hydrogen) atoms. The molecule has 104 valence electrons. The van der Waals surface area contributed by atoms with Crippen LogP contribution in [-0.4, -0.2) is 13.2 Å². The fourth-order valence-electron chi connectivity index (χ4n) is 4.29. The molecule has 0 aromatic heterocycles. The fourth-order valence-corrected chi connectivity index (χ4v) is 4.29. The van der Waals surface area contributed by atoms with E-state index in [9.17, 15) is 0 Å². The van der Waals surface area contributed by atoms with E-state index in [1.165, 1.54) is 42.6 Å². The van der Waals surface area contributed by atoms with Crippen LogP contribution in [-0.2, 0) is 6.54 Å². The van der Waals surface area contributed by atoms with Gasteiger partial charge in [-0.2, -0.15) is 0 Å². The van der Waals surface area contributed by atoms with Crippen molar-refractivity contribution in [2.75, 3.05) is 13.2 Å². The third kappa shape index (κ3) is 2.25. The van der Waals surface area contributed by atoms with E-state index in [1.807, 2.05) is 0 Å². The second-order valence-corrected chi connectivity index (χ2v) is 6.14. The zero-order valence-electron chi connectivity index (χ0n) is 11.2. The second kappa shape index (κ2) is 5.34. The topological polar surface area (TPSA) is 21.3 Å². The smallest absolute Gasteiger partial charge is 0.127 e. The molecule has 4 rings (SSSR count). The second-order valence-electron chi connectivity index (χ2n) is 6.14. The first-order chi connectivity index (χ1) is 8.92. The summed E-state index contributed by atoms with van der Waals surface area (Å²) >= 11 is 0. The minimum atomic E-state index is 0. The Morgan fingerprint density at radius 1 is 1.16 bits per heavy atom. The molecule has 3 heteroatoms. The molecule has 1 N–H and O–H groups in total. The van der Waals surface area contributed by atoms with Crippen LogP contribution in [0.25, 0.3) is 0 Å². The number of ether oxygens (including phenoxy) is 1. The van der Waals surface area contributed by atoms with Crippen molar-refractivity contribution in [2.24, 2.45) is 11.8 Å². The van der Waals surface area contributed by atoms with Gasteiger partial charge in [-0.3, -0.25) is 0 Å². The van der Waals surface area contributed by atoms with Crippen LogP contribution in [0, 0.1) is 11.8 Å². The summed E-state index contributed by atoms with van der Waals surface area (Å²) in [5.74, 6) is 3.91. The van der Waals surface area contributed by atoms with Crippen molar-refractivity contribution in [3.8, 4) is 5.75 Å². The predicted molar refractivity (Wildman–Crippen MR) is 79.1 cm³/mol. The average molecular weight is 280 g/mol. The Bertz CT molecular complexity index is 462. The Balaban J connectivity index is 0.00000110. The third-order valence-corrected chi connectivity index (χ3v) is 5.11. The lowest BCUT2D eigenvalue weighted by Crippen LogP contribution is -2.16. The molecule has 0 spiro atoms. The minimum Gasteiger partial charge on any atom is -0.492 e. The molecule has 3 aliphatic rings. The van der Waals surface area contributed by atoms with Gasteiger partial charge in [0.1, 0.15) is 12.4 Å². The highest BCUT2D eigenvalue weighted by Crippen LogP contribution is 2.54. The van der Waals surface area contributed by atoms with Crippen LogP contribution in [0.4, 0.5) is 0 Å². The maximum absolute atomic E-state index is 6.04. The van der Waals surface area contributed by atoms with E-state index in [-0.39, 0.29) is 12.4 Å². The van der Waals surface area contributed by atoms with Gasteiger partial charge in [0.15, 0.2) is 0 Å². The summed E-state index contributed by atoms with van der Waals surface area (Å²) < 4.78 is 6.04. The van der Waals surface area contributed by atoms with Gasteiger partial charge in [0.25, 0.3) is 0 Å². The van der Waals surface area contributed by atoms with Crippen molar-refractivity contribution in [1.82, 2.24) is 5.32 Å². The molecule has 1 heterocycles. The molecule has 1 aromatic carbocycles. The van der Waals surface area contributed by atoms with Gasteiger partial charge in [-0.1, -0.05) is 24.6 Å². The Labute approximate surface area is 121 Å². The van der Waals surface area contributed by atoms with Crippen molar-refractivity contribution in [3.05, 3.63) is 29.3 Å². The Hall–Kier alpha value is -0.730. The van der Waals surface area contributed by atoms with E-state index in [0.29, 0.717) is 0 Å². The number of hydrogen-bond donors (Lipinski definition) is 1. The molecule has 2 saturated carbocycles. The largest absolute Gasteiger partial charge is 0.492 e. The zero-order chi connectivity index (χ0) is 11.9. The third-order valence-electron chi connectivity index (χ3n) is 5.11.